The van der Waals surface area contributed by atoms with Crippen molar-refractivity contribution in [3.05, 3.63) is 0 Å². The van der Waals surface area contributed by atoms with Gasteiger partial charge in [0, 0.05) is 19.5 Å². The van der Waals surface area contributed by atoms with Crippen LogP contribution in [0, 0.1) is 11.8 Å². The molecule has 0 aromatic rings. The number of hydrogen-bond acceptors (Lipinski definition) is 4. The summed E-state index contributed by atoms with van der Waals surface area (Å²) in [5.74, 6) is 0.516. The maximum Gasteiger partial charge on any atom is 0.308 e. The number of nitrogens with zero attached hydrogens (tertiary/aromatic N) is 1. The molecule has 0 aromatic carbocycles. The number of hydrogen-bond donors (Lipinski definition) is 1. The van der Waals surface area contributed by atoms with Gasteiger partial charge in [-0.05, 0) is 38.1 Å². The molecule has 0 aliphatic carbocycles. The summed E-state index contributed by atoms with van der Waals surface area (Å²) < 4.78 is 4.74. The van der Waals surface area contributed by atoms with Crippen LogP contribution in [0.1, 0.15) is 39.0 Å². The molecule has 19 heavy (non-hydrogen) atoms. The van der Waals surface area contributed by atoms with Crippen molar-refractivity contribution >= 4 is 11.9 Å². The van der Waals surface area contributed by atoms with Crippen LogP contribution in [0.3, 0.4) is 0 Å². The quantitative estimate of drug-likeness (QED) is 0.735. The van der Waals surface area contributed by atoms with Gasteiger partial charge in [0.05, 0.1) is 13.0 Å². The molecule has 1 saturated heterocycles. The molecule has 0 spiro atoms. The van der Waals surface area contributed by atoms with Crippen LogP contribution in [0.15, 0.2) is 0 Å². The molecule has 1 fully saturated rings. The Labute approximate surface area is 115 Å². The molecule has 1 unspecified atom stereocenters. The Kier molecular flexibility index (Phi) is 6.84. The molecule has 1 aliphatic heterocycles. The summed E-state index contributed by atoms with van der Waals surface area (Å²) in [6.45, 7) is 4.15. The highest BCUT2D eigenvalue weighted by molar-refractivity contribution is 5.77. The second-order valence-electron chi connectivity index (χ2n) is 5.40. The number of ether oxygens (including phenoxy) is 1. The standard InChI is InChI=1S/C14H26N2O3/c1-11(5-8-15)3-4-13(17)16-9-6-12(7-10-16)14(18)19-2/h11-12H,3-10,15H2,1-2H3. The molecular weight excluding hydrogens is 244 g/mol. The minimum Gasteiger partial charge on any atom is -0.469 e. The Morgan fingerprint density at radius 3 is 2.47 bits per heavy atom. The summed E-state index contributed by atoms with van der Waals surface area (Å²) in [6, 6.07) is 0. The van der Waals surface area contributed by atoms with Crippen molar-refractivity contribution in [2.24, 2.45) is 17.6 Å². The van der Waals surface area contributed by atoms with Gasteiger partial charge in [0.25, 0.3) is 0 Å². The van der Waals surface area contributed by atoms with Crippen LogP contribution in [-0.4, -0.2) is 43.5 Å². The van der Waals surface area contributed by atoms with Gasteiger partial charge in [-0.25, -0.2) is 0 Å². The van der Waals surface area contributed by atoms with E-state index in [1.807, 2.05) is 4.90 Å². The van der Waals surface area contributed by atoms with Crippen molar-refractivity contribution in [1.82, 2.24) is 4.90 Å². The van der Waals surface area contributed by atoms with Crippen LogP contribution in [0.4, 0.5) is 0 Å². The molecule has 2 N–H and O–H groups in total. The number of esters is 1. The molecule has 0 radical (unpaired) electrons. The predicted octanol–water partition coefficient (Wildman–Crippen LogP) is 1.16. The van der Waals surface area contributed by atoms with E-state index in [0.29, 0.717) is 32.0 Å². The number of rotatable bonds is 6. The molecule has 0 aromatic heterocycles. The Morgan fingerprint density at radius 2 is 1.95 bits per heavy atom. The lowest BCUT2D eigenvalue weighted by Gasteiger charge is -2.31. The lowest BCUT2D eigenvalue weighted by Crippen LogP contribution is -2.40. The second kappa shape index (κ2) is 8.15. The zero-order valence-electron chi connectivity index (χ0n) is 12.1. The Bertz CT molecular complexity index is 299. The summed E-state index contributed by atoms with van der Waals surface area (Å²) in [4.78, 5) is 25.3. The molecular formula is C14H26N2O3. The van der Waals surface area contributed by atoms with Crippen LogP contribution in [0.5, 0.6) is 0 Å². The first kappa shape index (κ1) is 16.0. The number of carbonyl (C=O) groups is 2. The highest BCUT2D eigenvalue weighted by atomic mass is 16.5. The summed E-state index contributed by atoms with van der Waals surface area (Å²) in [7, 11) is 1.42. The smallest absolute Gasteiger partial charge is 0.308 e. The normalized spacial score (nSPS) is 18.2. The molecule has 5 heteroatoms. The van der Waals surface area contributed by atoms with E-state index in [1.54, 1.807) is 0 Å². The first-order valence-corrected chi connectivity index (χ1v) is 7.14. The van der Waals surface area contributed by atoms with E-state index in [2.05, 4.69) is 6.92 Å². The SMILES string of the molecule is COC(=O)C1CCN(C(=O)CCC(C)CCN)CC1. The predicted molar refractivity (Wildman–Crippen MR) is 73.4 cm³/mol. The number of piperidine rings is 1. The molecule has 1 amide bonds. The lowest BCUT2D eigenvalue weighted by molar-refractivity contribution is -0.148. The minimum absolute atomic E-state index is 0.0368. The van der Waals surface area contributed by atoms with Crippen LogP contribution < -0.4 is 5.73 Å². The van der Waals surface area contributed by atoms with E-state index in [0.717, 1.165) is 25.7 Å². The van der Waals surface area contributed by atoms with Gasteiger partial charge >= 0.3 is 5.97 Å². The first-order valence-electron chi connectivity index (χ1n) is 7.14. The van der Waals surface area contributed by atoms with Crippen molar-refractivity contribution in [1.29, 1.82) is 0 Å². The Morgan fingerprint density at radius 1 is 1.32 bits per heavy atom. The van der Waals surface area contributed by atoms with Crippen molar-refractivity contribution in [2.75, 3.05) is 26.7 Å². The number of amides is 1. The number of nitrogens with two attached hydrogens (primary N) is 1. The highest BCUT2D eigenvalue weighted by Crippen LogP contribution is 2.20. The molecule has 1 rings (SSSR count). The van der Waals surface area contributed by atoms with E-state index in [-0.39, 0.29) is 17.8 Å². The zero-order chi connectivity index (χ0) is 14.3. The van der Waals surface area contributed by atoms with Gasteiger partial charge < -0.3 is 15.4 Å². The zero-order valence-corrected chi connectivity index (χ0v) is 12.1. The average Bonchev–Trinajstić information content (AvgIpc) is 2.44. The third-order valence-electron chi connectivity index (χ3n) is 3.89. The molecule has 1 aliphatic rings. The average molecular weight is 270 g/mol. The fourth-order valence-corrected chi connectivity index (χ4v) is 2.49. The molecule has 110 valence electrons. The number of likely N-dealkylation sites (tertiary alicyclic amines) is 1. The summed E-state index contributed by atoms with van der Waals surface area (Å²) in [5, 5.41) is 0. The number of carbonyl (C=O) groups excluding carboxylic acids is 2. The third kappa shape index (κ3) is 5.19. The summed E-state index contributed by atoms with van der Waals surface area (Å²) in [5.41, 5.74) is 5.50. The first-order chi connectivity index (χ1) is 9.08. The topological polar surface area (TPSA) is 72.6 Å². The molecule has 0 saturated carbocycles. The van der Waals surface area contributed by atoms with Crippen molar-refractivity contribution < 1.29 is 14.3 Å². The van der Waals surface area contributed by atoms with Crippen LogP contribution >= 0.6 is 0 Å². The molecule has 1 atom stereocenters. The summed E-state index contributed by atoms with van der Waals surface area (Å²) in [6.07, 6.45) is 3.89. The van der Waals surface area contributed by atoms with Gasteiger partial charge in [0.2, 0.25) is 5.91 Å². The van der Waals surface area contributed by atoms with Crippen LogP contribution in [0.2, 0.25) is 0 Å². The number of methoxy groups -OCH3 is 1. The van der Waals surface area contributed by atoms with Crippen molar-refractivity contribution in [3.63, 3.8) is 0 Å². The van der Waals surface area contributed by atoms with E-state index in [9.17, 15) is 9.59 Å². The molecule has 5 nitrogen and oxygen atoms in total. The highest BCUT2D eigenvalue weighted by Gasteiger charge is 2.27. The minimum atomic E-state index is -0.149. The van der Waals surface area contributed by atoms with Crippen molar-refractivity contribution in [2.45, 2.75) is 39.0 Å². The summed E-state index contributed by atoms with van der Waals surface area (Å²) >= 11 is 0. The van der Waals surface area contributed by atoms with Gasteiger partial charge in [0.15, 0.2) is 0 Å². The van der Waals surface area contributed by atoms with Gasteiger partial charge in [-0.2, -0.15) is 0 Å². The fourth-order valence-electron chi connectivity index (χ4n) is 2.49. The second-order valence-corrected chi connectivity index (χ2v) is 5.40. The Hall–Kier alpha value is -1.10. The largest absolute Gasteiger partial charge is 0.469 e. The molecule has 1 heterocycles. The lowest BCUT2D eigenvalue weighted by atomic mass is 9.96. The van der Waals surface area contributed by atoms with Crippen LogP contribution in [0.25, 0.3) is 0 Å². The molecule has 0 bridgehead atoms. The van der Waals surface area contributed by atoms with Gasteiger partial charge in [-0.15, -0.1) is 0 Å². The Balaban J connectivity index is 2.27. The monoisotopic (exact) mass is 270 g/mol. The van der Waals surface area contributed by atoms with E-state index in [1.165, 1.54) is 7.11 Å². The fraction of sp³-hybridized carbons (Fsp3) is 0.857. The van der Waals surface area contributed by atoms with Crippen LogP contribution in [-0.2, 0) is 14.3 Å². The van der Waals surface area contributed by atoms with Crippen molar-refractivity contribution in [3.8, 4) is 0 Å². The maximum atomic E-state index is 12.0. The van der Waals surface area contributed by atoms with E-state index in [4.69, 9.17) is 10.5 Å². The van der Waals surface area contributed by atoms with E-state index < -0.39 is 0 Å². The third-order valence-corrected chi connectivity index (χ3v) is 3.89. The van der Waals surface area contributed by atoms with E-state index >= 15 is 0 Å². The van der Waals surface area contributed by atoms with Gasteiger partial charge in [-0.1, -0.05) is 6.92 Å². The van der Waals surface area contributed by atoms with Gasteiger partial charge in [-0.3, -0.25) is 9.59 Å². The maximum absolute atomic E-state index is 12.0. The van der Waals surface area contributed by atoms with Gasteiger partial charge in [0.1, 0.15) is 0 Å².